The molecule has 3 nitrogen and oxygen atoms in total. The van der Waals surface area contributed by atoms with Gasteiger partial charge in [-0.3, -0.25) is 4.68 Å². The number of halogens is 1. The normalized spacial score (nSPS) is 12.8. The smallest absolute Gasteiger partial charge is 0.0931 e. The molecule has 1 N–H and O–H groups in total. The molecule has 0 saturated carbocycles. The number of rotatable bonds is 6. The van der Waals surface area contributed by atoms with Crippen molar-refractivity contribution in [1.82, 2.24) is 15.1 Å². The third-order valence-electron chi connectivity index (χ3n) is 2.85. The highest BCUT2D eigenvalue weighted by molar-refractivity contribution is 7.16. The first-order valence-electron chi connectivity index (χ1n) is 6.20. The number of aromatic nitrogens is 2. The van der Waals surface area contributed by atoms with Crippen LogP contribution < -0.4 is 5.32 Å². The van der Waals surface area contributed by atoms with E-state index in [0.29, 0.717) is 6.04 Å². The fraction of sp³-hybridized carbons (Fsp3) is 0.462. The van der Waals surface area contributed by atoms with Crippen LogP contribution in [0.5, 0.6) is 0 Å². The average molecular weight is 284 g/mol. The van der Waals surface area contributed by atoms with E-state index in [9.17, 15) is 0 Å². The van der Waals surface area contributed by atoms with Gasteiger partial charge in [0.2, 0.25) is 0 Å². The van der Waals surface area contributed by atoms with Crippen LogP contribution >= 0.6 is 22.9 Å². The topological polar surface area (TPSA) is 29.9 Å². The molecule has 0 bridgehead atoms. The van der Waals surface area contributed by atoms with Crippen LogP contribution in [0.1, 0.15) is 36.9 Å². The van der Waals surface area contributed by atoms with E-state index in [2.05, 4.69) is 41.1 Å². The molecule has 0 spiro atoms. The number of nitrogens with one attached hydrogen (secondary N) is 1. The van der Waals surface area contributed by atoms with Gasteiger partial charge in [0.05, 0.1) is 10.0 Å². The first kappa shape index (κ1) is 13.6. The first-order chi connectivity index (χ1) is 8.70. The summed E-state index contributed by atoms with van der Waals surface area (Å²) in [7, 11) is 0. The lowest BCUT2D eigenvalue weighted by Crippen LogP contribution is -2.19. The molecule has 1 atom stereocenters. The van der Waals surface area contributed by atoms with Gasteiger partial charge in [-0.2, -0.15) is 5.10 Å². The quantitative estimate of drug-likeness (QED) is 0.872. The molecule has 0 aliphatic heterocycles. The maximum absolute atomic E-state index is 5.95. The lowest BCUT2D eigenvalue weighted by atomic mass is 10.2. The van der Waals surface area contributed by atoms with E-state index in [4.69, 9.17) is 11.6 Å². The Bertz CT molecular complexity index is 492. The predicted molar refractivity (Wildman–Crippen MR) is 77.1 cm³/mol. The van der Waals surface area contributed by atoms with E-state index >= 15 is 0 Å². The van der Waals surface area contributed by atoms with Gasteiger partial charge in [0, 0.05) is 30.2 Å². The number of thiophene rings is 1. The molecule has 18 heavy (non-hydrogen) atoms. The summed E-state index contributed by atoms with van der Waals surface area (Å²) in [5.74, 6) is 0. The van der Waals surface area contributed by atoms with Crippen LogP contribution in [0.3, 0.4) is 0 Å². The number of hydrogen-bond donors (Lipinski definition) is 1. The largest absolute Gasteiger partial charge is 0.304 e. The van der Waals surface area contributed by atoms with Crippen molar-refractivity contribution in [2.24, 2.45) is 0 Å². The Kier molecular flexibility index (Phi) is 4.80. The van der Waals surface area contributed by atoms with Gasteiger partial charge in [-0.05, 0) is 31.5 Å². The molecule has 1 unspecified atom stereocenters. The fourth-order valence-corrected chi connectivity index (χ4v) is 2.93. The van der Waals surface area contributed by atoms with Crippen molar-refractivity contribution < 1.29 is 0 Å². The second-order valence-corrected chi connectivity index (χ2v) is 6.04. The van der Waals surface area contributed by atoms with Crippen molar-refractivity contribution >= 4 is 22.9 Å². The Hall–Kier alpha value is -0.840. The van der Waals surface area contributed by atoms with Gasteiger partial charge in [-0.25, -0.2) is 0 Å². The Morgan fingerprint density at radius 1 is 1.44 bits per heavy atom. The van der Waals surface area contributed by atoms with Crippen LogP contribution in [0.25, 0.3) is 0 Å². The molecule has 98 valence electrons. The third-order valence-corrected chi connectivity index (χ3v) is 4.26. The van der Waals surface area contributed by atoms with Crippen LogP contribution in [-0.2, 0) is 13.1 Å². The Balaban J connectivity index is 1.92. The van der Waals surface area contributed by atoms with E-state index in [1.807, 2.05) is 12.3 Å². The van der Waals surface area contributed by atoms with Crippen molar-refractivity contribution in [2.75, 3.05) is 0 Å². The standard InChI is InChI=1S/C13H18ClN3S/c1-3-8-17-11(6-7-16-17)9-15-10(2)12-4-5-13(14)18-12/h4-7,10,15H,3,8-9H2,1-2H3. The average Bonchev–Trinajstić information content (AvgIpc) is 2.96. The summed E-state index contributed by atoms with van der Waals surface area (Å²) in [5.41, 5.74) is 1.23. The summed E-state index contributed by atoms with van der Waals surface area (Å²) in [6, 6.07) is 6.40. The highest BCUT2D eigenvalue weighted by Gasteiger charge is 2.09. The molecule has 0 fully saturated rings. The van der Waals surface area contributed by atoms with Gasteiger partial charge in [-0.15, -0.1) is 11.3 Å². The highest BCUT2D eigenvalue weighted by Crippen LogP contribution is 2.26. The fourth-order valence-electron chi connectivity index (χ4n) is 1.84. The lowest BCUT2D eigenvalue weighted by Gasteiger charge is -2.13. The summed E-state index contributed by atoms with van der Waals surface area (Å²) in [6.45, 7) is 6.12. The summed E-state index contributed by atoms with van der Waals surface area (Å²) in [6.07, 6.45) is 2.96. The van der Waals surface area contributed by atoms with Crippen molar-refractivity contribution in [1.29, 1.82) is 0 Å². The molecule has 2 aromatic rings. The van der Waals surface area contributed by atoms with E-state index in [0.717, 1.165) is 23.8 Å². The lowest BCUT2D eigenvalue weighted by molar-refractivity contribution is 0.520. The monoisotopic (exact) mass is 283 g/mol. The van der Waals surface area contributed by atoms with Crippen LogP contribution in [0.15, 0.2) is 24.4 Å². The second-order valence-electron chi connectivity index (χ2n) is 4.29. The minimum atomic E-state index is 0.312. The summed E-state index contributed by atoms with van der Waals surface area (Å²) < 4.78 is 2.90. The van der Waals surface area contributed by atoms with Gasteiger partial charge < -0.3 is 5.32 Å². The van der Waals surface area contributed by atoms with Crippen molar-refractivity contribution in [3.8, 4) is 0 Å². The molecule has 0 amide bonds. The molecule has 0 aromatic carbocycles. The molecule has 5 heteroatoms. The van der Waals surface area contributed by atoms with Gasteiger partial charge in [0.15, 0.2) is 0 Å². The molecular formula is C13H18ClN3S. The summed E-state index contributed by atoms with van der Waals surface area (Å²) in [5, 5.41) is 7.82. The van der Waals surface area contributed by atoms with Crippen LogP contribution in [0, 0.1) is 0 Å². The molecule has 0 aliphatic rings. The molecule has 2 heterocycles. The zero-order valence-electron chi connectivity index (χ0n) is 10.7. The van der Waals surface area contributed by atoms with E-state index in [1.54, 1.807) is 11.3 Å². The minimum absolute atomic E-state index is 0.312. The van der Waals surface area contributed by atoms with E-state index in [1.165, 1.54) is 10.6 Å². The Morgan fingerprint density at radius 3 is 2.94 bits per heavy atom. The third kappa shape index (κ3) is 3.34. The van der Waals surface area contributed by atoms with Crippen LogP contribution in [-0.4, -0.2) is 9.78 Å². The van der Waals surface area contributed by atoms with Crippen LogP contribution in [0.2, 0.25) is 4.34 Å². The van der Waals surface area contributed by atoms with Crippen molar-refractivity contribution in [3.63, 3.8) is 0 Å². The number of aryl methyl sites for hydroxylation is 1. The maximum Gasteiger partial charge on any atom is 0.0931 e. The molecule has 2 aromatic heterocycles. The Morgan fingerprint density at radius 2 is 2.28 bits per heavy atom. The molecular weight excluding hydrogens is 266 g/mol. The van der Waals surface area contributed by atoms with Crippen molar-refractivity contribution in [2.45, 2.75) is 39.4 Å². The molecule has 0 saturated heterocycles. The van der Waals surface area contributed by atoms with Crippen LogP contribution in [0.4, 0.5) is 0 Å². The number of nitrogens with zero attached hydrogens (tertiary/aromatic N) is 2. The van der Waals surface area contributed by atoms with E-state index in [-0.39, 0.29) is 0 Å². The zero-order valence-corrected chi connectivity index (χ0v) is 12.3. The van der Waals surface area contributed by atoms with Gasteiger partial charge in [-0.1, -0.05) is 18.5 Å². The zero-order chi connectivity index (χ0) is 13.0. The molecule has 0 aliphatic carbocycles. The molecule has 2 rings (SSSR count). The highest BCUT2D eigenvalue weighted by atomic mass is 35.5. The van der Waals surface area contributed by atoms with Gasteiger partial charge >= 0.3 is 0 Å². The SMILES string of the molecule is CCCn1nccc1CNC(C)c1ccc(Cl)s1. The van der Waals surface area contributed by atoms with Crippen molar-refractivity contribution in [3.05, 3.63) is 39.3 Å². The minimum Gasteiger partial charge on any atom is -0.304 e. The van der Waals surface area contributed by atoms with E-state index < -0.39 is 0 Å². The maximum atomic E-state index is 5.95. The summed E-state index contributed by atoms with van der Waals surface area (Å²) >= 11 is 7.58. The molecule has 0 radical (unpaired) electrons. The van der Waals surface area contributed by atoms with Gasteiger partial charge in [0.1, 0.15) is 0 Å². The van der Waals surface area contributed by atoms with Gasteiger partial charge in [0.25, 0.3) is 0 Å². The Labute approximate surface area is 117 Å². The first-order valence-corrected chi connectivity index (χ1v) is 7.39. The summed E-state index contributed by atoms with van der Waals surface area (Å²) in [4.78, 5) is 1.27. The second kappa shape index (κ2) is 6.36. The number of hydrogen-bond acceptors (Lipinski definition) is 3. The predicted octanol–water partition coefficient (Wildman–Crippen LogP) is 3.86.